The van der Waals surface area contributed by atoms with Crippen LogP contribution in [0.5, 0.6) is 0 Å². The lowest BCUT2D eigenvalue weighted by molar-refractivity contribution is -0.122. The van der Waals surface area contributed by atoms with E-state index in [0.29, 0.717) is 11.6 Å². The zero-order chi connectivity index (χ0) is 17.5. The molecular formula is C20H24ClN3O. The van der Waals surface area contributed by atoms with Crippen molar-refractivity contribution in [3.05, 3.63) is 64.9 Å². The molecule has 1 amide bonds. The predicted octanol–water partition coefficient (Wildman–Crippen LogP) is 3.82. The molecule has 0 bridgehead atoms. The second-order valence-electron chi connectivity index (χ2n) is 6.53. The van der Waals surface area contributed by atoms with Gasteiger partial charge in [0.25, 0.3) is 0 Å². The van der Waals surface area contributed by atoms with Gasteiger partial charge >= 0.3 is 0 Å². The molecule has 0 saturated carbocycles. The fourth-order valence-corrected chi connectivity index (χ4v) is 3.39. The van der Waals surface area contributed by atoms with Crippen molar-refractivity contribution in [2.24, 2.45) is 0 Å². The minimum atomic E-state index is -0.217. The summed E-state index contributed by atoms with van der Waals surface area (Å²) in [5.74, 6) is 0.0469. The summed E-state index contributed by atoms with van der Waals surface area (Å²) in [5, 5.41) is 3.86. The standard InChI is InChI=1S/C20H24ClN3O/c21-18-9-7-16(8-10-18)20(17-6-5-11-22-14-17)23-19(25)15-24-12-3-1-2-4-13-24/h5-11,14,20H,1-4,12-13,15H2,(H,23,25). The Kier molecular flexibility index (Phi) is 6.42. The van der Waals surface area contributed by atoms with Crippen LogP contribution in [0.25, 0.3) is 0 Å². The number of nitrogens with one attached hydrogen (secondary N) is 1. The van der Waals surface area contributed by atoms with Crippen LogP contribution in [-0.2, 0) is 4.79 Å². The molecule has 4 nitrogen and oxygen atoms in total. The lowest BCUT2D eigenvalue weighted by Crippen LogP contribution is -2.39. The first-order chi connectivity index (χ1) is 12.2. The van der Waals surface area contributed by atoms with Crippen molar-refractivity contribution in [1.29, 1.82) is 0 Å². The fraction of sp³-hybridized carbons (Fsp3) is 0.400. The van der Waals surface area contributed by atoms with Gasteiger partial charge in [-0.1, -0.05) is 42.6 Å². The molecule has 0 radical (unpaired) electrons. The van der Waals surface area contributed by atoms with Gasteiger partial charge in [-0.15, -0.1) is 0 Å². The van der Waals surface area contributed by atoms with Gasteiger partial charge in [0.1, 0.15) is 0 Å². The molecule has 2 heterocycles. The van der Waals surface area contributed by atoms with E-state index in [0.717, 1.165) is 24.2 Å². The van der Waals surface area contributed by atoms with Gasteiger partial charge in [0.05, 0.1) is 12.6 Å². The van der Waals surface area contributed by atoms with Crippen molar-refractivity contribution in [3.63, 3.8) is 0 Å². The van der Waals surface area contributed by atoms with Gasteiger partial charge in [-0.05, 0) is 55.3 Å². The van der Waals surface area contributed by atoms with Crippen molar-refractivity contribution in [3.8, 4) is 0 Å². The van der Waals surface area contributed by atoms with Crippen LogP contribution >= 0.6 is 11.6 Å². The Morgan fingerprint density at radius 2 is 1.80 bits per heavy atom. The normalized spacial score (nSPS) is 16.8. The Morgan fingerprint density at radius 3 is 2.44 bits per heavy atom. The highest BCUT2D eigenvalue weighted by Crippen LogP contribution is 2.23. The highest BCUT2D eigenvalue weighted by atomic mass is 35.5. The molecule has 1 N–H and O–H groups in total. The number of halogens is 1. The average Bonchev–Trinajstić information content (AvgIpc) is 2.90. The molecule has 0 spiro atoms. The molecule has 5 heteroatoms. The van der Waals surface area contributed by atoms with E-state index < -0.39 is 0 Å². The van der Waals surface area contributed by atoms with Crippen molar-refractivity contribution in [1.82, 2.24) is 15.2 Å². The van der Waals surface area contributed by atoms with Gasteiger partial charge in [0, 0.05) is 17.4 Å². The highest BCUT2D eigenvalue weighted by Gasteiger charge is 2.19. The maximum absolute atomic E-state index is 12.6. The average molecular weight is 358 g/mol. The predicted molar refractivity (Wildman–Crippen MR) is 101 cm³/mol. The van der Waals surface area contributed by atoms with Gasteiger partial charge in [0.15, 0.2) is 0 Å². The van der Waals surface area contributed by atoms with Crippen LogP contribution in [0.2, 0.25) is 5.02 Å². The fourth-order valence-electron chi connectivity index (χ4n) is 3.27. The van der Waals surface area contributed by atoms with E-state index in [1.165, 1.54) is 25.7 Å². The summed E-state index contributed by atoms with van der Waals surface area (Å²) in [5.41, 5.74) is 1.97. The second kappa shape index (κ2) is 8.97. The Labute approximate surface area is 154 Å². The van der Waals surface area contributed by atoms with Crippen LogP contribution in [0.1, 0.15) is 42.9 Å². The Balaban J connectivity index is 1.73. The molecule has 1 aromatic heterocycles. The third-order valence-corrected chi connectivity index (χ3v) is 4.84. The quantitative estimate of drug-likeness (QED) is 0.884. The number of carbonyl (C=O) groups excluding carboxylic acids is 1. The van der Waals surface area contributed by atoms with E-state index in [9.17, 15) is 4.79 Å². The first-order valence-corrected chi connectivity index (χ1v) is 9.27. The number of hydrogen-bond acceptors (Lipinski definition) is 3. The molecule has 2 aromatic rings. The summed E-state index contributed by atoms with van der Waals surface area (Å²) >= 11 is 6.01. The van der Waals surface area contributed by atoms with Crippen LogP contribution in [-0.4, -0.2) is 35.4 Å². The van der Waals surface area contributed by atoms with E-state index >= 15 is 0 Å². The third kappa shape index (κ3) is 5.28. The first-order valence-electron chi connectivity index (χ1n) is 8.89. The zero-order valence-electron chi connectivity index (χ0n) is 14.3. The van der Waals surface area contributed by atoms with Crippen LogP contribution in [0.3, 0.4) is 0 Å². The Morgan fingerprint density at radius 1 is 1.08 bits per heavy atom. The van der Waals surface area contributed by atoms with Gasteiger partial charge < -0.3 is 5.32 Å². The van der Waals surface area contributed by atoms with Gasteiger partial charge in [-0.25, -0.2) is 0 Å². The van der Waals surface area contributed by atoms with Gasteiger partial charge in [-0.3, -0.25) is 14.7 Å². The number of benzene rings is 1. The minimum absolute atomic E-state index is 0.0469. The summed E-state index contributed by atoms with van der Waals surface area (Å²) in [6.45, 7) is 2.46. The lowest BCUT2D eigenvalue weighted by Gasteiger charge is -2.23. The molecule has 1 aliphatic rings. The van der Waals surface area contributed by atoms with E-state index in [2.05, 4.69) is 15.2 Å². The van der Waals surface area contributed by atoms with Crippen LogP contribution < -0.4 is 5.32 Å². The number of amides is 1. The largest absolute Gasteiger partial charge is 0.344 e. The molecule has 1 saturated heterocycles. The number of nitrogens with zero attached hydrogens (tertiary/aromatic N) is 2. The number of hydrogen-bond donors (Lipinski definition) is 1. The number of carbonyl (C=O) groups is 1. The maximum atomic E-state index is 12.6. The SMILES string of the molecule is O=C(CN1CCCCCC1)NC(c1ccc(Cl)cc1)c1cccnc1. The summed E-state index contributed by atoms with van der Waals surface area (Å²) in [6, 6.07) is 11.3. The van der Waals surface area contributed by atoms with Crippen molar-refractivity contribution in [2.75, 3.05) is 19.6 Å². The van der Waals surface area contributed by atoms with Gasteiger partial charge in [0.2, 0.25) is 5.91 Å². The Hall–Kier alpha value is -1.91. The molecule has 1 aliphatic heterocycles. The lowest BCUT2D eigenvalue weighted by atomic mass is 10.00. The molecular weight excluding hydrogens is 334 g/mol. The molecule has 3 rings (SSSR count). The molecule has 1 aromatic carbocycles. The minimum Gasteiger partial charge on any atom is -0.344 e. The summed E-state index contributed by atoms with van der Waals surface area (Å²) in [6.07, 6.45) is 8.42. The first kappa shape index (κ1) is 17.9. The van der Waals surface area contributed by atoms with Crippen molar-refractivity contribution >= 4 is 17.5 Å². The number of likely N-dealkylation sites (tertiary alicyclic amines) is 1. The second-order valence-corrected chi connectivity index (χ2v) is 6.97. The third-order valence-electron chi connectivity index (χ3n) is 4.59. The monoisotopic (exact) mass is 357 g/mol. The molecule has 25 heavy (non-hydrogen) atoms. The highest BCUT2D eigenvalue weighted by molar-refractivity contribution is 6.30. The van der Waals surface area contributed by atoms with Crippen LogP contribution in [0, 0.1) is 0 Å². The molecule has 0 aliphatic carbocycles. The summed E-state index contributed by atoms with van der Waals surface area (Å²) in [4.78, 5) is 19.1. The smallest absolute Gasteiger partial charge is 0.234 e. The molecule has 1 atom stereocenters. The van der Waals surface area contributed by atoms with E-state index in [1.807, 2.05) is 36.4 Å². The number of aromatic nitrogens is 1. The zero-order valence-corrected chi connectivity index (χ0v) is 15.1. The van der Waals surface area contributed by atoms with E-state index in [-0.39, 0.29) is 11.9 Å². The molecule has 1 fully saturated rings. The Bertz CT molecular complexity index is 667. The van der Waals surface area contributed by atoms with Crippen molar-refractivity contribution < 1.29 is 4.79 Å². The van der Waals surface area contributed by atoms with E-state index in [1.54, 1.807) is 12.4 Å². The van der Waals surface area contributed by atoms with Crippen LogP contribution in [0.4, 0.5) is 0 Å². The van der Waals surface area contributed by atoms with Crippen molar-refractivity contribution in [2.45, 2.75) is 31.7 Å². The molecule has 132 valence electrons. The summed E-state index contributed by atoms with van der Waals surface area (Å²) in [7, 11) is 0. The summed E-state index contributed by atoms with van der Waals surface area (Å²) < 4.78 is 0. The van der Waals surface area contributed by atoms with Gasteiger partial charge in [-0.2, -0.15) is 0 Å². The topological polar surface area (TPSA) is 45.2 Å². The maximum Gasteiger partial charge on any atom is 0.234 e. The number of pyridine rings is 1. The van der Waals surface area contributed by atoms with Crippen LogP contribution in [0.15, 0.2) is 48.8 Å². The molecule has 1 unspecified atom stereocenters. The number of rotatable bonds is 5. The van der Waals surface area contributed by atoms with E-state index in [4.69, 9.17) is 11.6 Å².